The van der Waals surface area contributed by atoms with Crippen LogP contribution < -0.4 is 5.32 Å². The molecule has 0 spiro atoms. The van der Waals surface area contributed by atoms with Crippen LogP contribution in [0, 0.1) is 0 Å². The number of carbonyl (C=O) groups is 1. The van der Waals surface area contributed by atoms with Crippen molar-refractivity contribution in [1.29, 1.82) is 0 Å². The summed E-state index contributed by atoms with van der Waals surface area (Å²) in [6.07, 6.45) is -3.00. The highest BCUT2D eigenvalue weighted by Gasteiger charge is 2.33. The fourth-order valence-corrected chi connectivity index (χ4v) is 2.36. The van der Waals surface area contributed by atoms with Gasteiger partial charge in [-0.1, -0.05) is 0 Å². The lowest BCUT2D eigenvalue weighted by atomic mass is 9.93. The van der Waals surface area contributed by atoms with Gasteiger partial charge in [0.05, 0.1) is 23.3 Å². The molecule has 1 aromatic carbocycles. The second-order valence-corrected chi connectivity index (χ2v) is 5.41. The number of carboxylic acid groups (broad SMARTS) is 1. The number of ether oxygens (including phenoxy) is 1. The number of carboxylic acids is 1. The van der Waals surface area contributed by atoms with Crippen LogP contribution in [0.2, 0.25) is 0 Å². The monoisotopic (exact) mass is 303 g/mol. The first-order valence-electron chi connectivity index (χ1n) is 6.52. The van der Waals surface area contributed by atoms with Crippen LogP contribution in [-0.2, 0) is 10.9 Å². The first-order valence-corrected chi connectivity index (χ1v) is 6.52. The fourth-order valence-electron chi connectivity index (χ4n) is 2.36. The Morgan fingerprint density at radius 3 is 2.67 bits per heavy atom. The predicted molar refractivity (Wildman–Crippen MR) is 70.5 cm³/mol. The van der Waals surface area contributed by atoms with Crippen LogP contribution >= 0.6 is 0 Å². The number of aromatic carboxylic acids is 1. The van der Waals surface area contributed by atoms with E-state index in [1.54, 1.807) is 0 Å². The van der Waals surface area contributed by atoms with E-state index in [9.17, 15) is 18.0 Å². The van der Waals surface area contributed by atoms with E-state index < -0.39 is 28.8 Å². The third-order valence-electron chi connectivity index (χ3n) is 3.45. The third-order valence-corrected chi connectivity index (χ3v) is 3.45. The van der Waals surface area contributed by atoms with E-state index in [4.69, 9.17) is 9.84 Å². The predicted octanol–water partition coefficient (Wildman–Crippen LogP) is 3.38. The van der Waals surface area contributed by atoms with Gasteiger partial charge in [-0.25, -0.2) is 4.79 Å². The minimum Gasteiger partial charge on any atom is -0.478 e. The number of benzene rings is 1. The molecular formula is C14H16F3NO3. The Labute approximate surface area is 119 Å². The lowest BCUT2D eigenvalue weighted by molar-refractivity contribution is -0.137. The maximum Gasteiger partial charge on any atom is 0.416 e. The van der Waals surface area contributed by atoms with Gasteiger partial charge < -0.3 is 15.2 Å². The van der Waals surface area contributed by atoms with Gasteiger partial charge in [0.1, 0.15) is 0 Å². The Balaban J connectivity index is 2.33. The van der Waals surface area contributed by atoms with Crippen molar-refractivity contribution >= 4 is 11.7 Å². The standard InChI is InChI=1S/C14H16F3NO3/c1-13(5-2-6-21-8-13)18-11-4-3-9(14(15,16)17)7-10(11)12(19)20/h3-4,7,18H,2,5-6,8H2,1H3,(H,19,20). The third kappa shape index (κ3) is 3.66. The lowest BCUT2D eigenvalue weighted by Gasteiger charge is -2.35. The van der Waals surface area contributed by atoms with Gasteiger partial charge in [0.15, 0.2) is 0 Å². The van der Waals surface area contributed by atoms with E-state index in [0.29, 0.717) is 19.3 Å². The van der Waals surface area contributed by atoms with Crippen LogP contribution in [0.5, 0.6) is 0 Å². The second-order valence-electron chi connectivity index (χ2n) is 5.41. The minimum atomic E-state index is -4.57. The molecule has 1 aliphatic heterocycles. The van der Waals surface area contributed by atoms with Gasteiger partial charge in [0, 0.05) is 12.3 Å². The zero-order chi connectivity index (χ0) is 15.7. The van der Waals surface area contributed by atoms with Crippen LogP contribution in [0.1, 0.15) is 35.7 Å². The molecule has 0 bridgehead atoms. The molecule has 0 amide bonds. The van der Waals surface area contributed by atoms with Gasteiger partial charge in [-0.3, -0.25) is 0 Å². The van der Waals surface area contributed by atoms with Gasteiger partial charge in [0.2, 0.25) is 0 Å². The largest absolute Gasteiger partial charge is 0.478 e. The number of halogens is 3. The Morgan fingerprint density at radius 2 is 2.14 bits per heavy atom. The molecule has 1 unspecified atom stereocenters. The molecule has 1 aromatic rings. The first-order chi connectivity index (χ1) is 9.71. The van der Waals surface area contributed by atoms with Gasteiger partial charge >= 0.3 is 12.1 Å². The smallest absolute Gasteiger partial charge is 0.416 e. The van der Waals surface area contributed by atoms with Crippen molar-refractivity contribution in [2.45, 2.75) is 31.5 Å². The molecule has 1 saturated heterocycles. The topological polar surface area (TPSA) is 58.6 Å². The Morgan fingerprint density at radius 1 is 1.43 bits per heavy atom. The number of rotatable bonds is 3. The van der Waals surface area contributed by atoms with E-state index in [1.807, 2.05) is 6.92 Å². The molecule has 1 atom stereocenters. The van der Waals surface area contributed by atoms with Crippen molar-refractivity contribution in [2.75, 3.05) is 18.5 Å². The van der Waals surface area contributed by atoms with Gasteiger partial charge in [0.25, 0.3) is 0 Å². The zero-order valence-electron chi connectivity index (χ0n) is 11.5. The molecule has 21 heavy (non-hydrogen) atoms. The van der Waals surface area contributed by atoms with Crippen LogP contribution in [-0.4, -0.2) is 29.8 Å². The molecule has 0 aliphatic carbocycles. The van der Waals surface area contributed by atoms with Crippen molar-refractivity contribution in [3.05, 3.63) is 29.3 Å². The molecule has 1 aliphatic rings. The van der Waals surface area contributed by atoms with Crippen molar-refractivity contribution in [2.24, 2.45) is 0 Å². The summed E-state index contributed by atoms with van der Waals surface area (Å²) in [5, 5.41) is 12.1. The molecule has 2 rings (SSSR count). The number of hydrogen-bond donors (Lipinski definition) is 2. The van der Waals surface area contributed by atoms with Crippen LogP contribution in [0.15, 0.2) is 18.2 Å². The molecule has 1 heterocycles. The van der Waals surface area contributed by atoms with Crippen molar-refractivity contribution in [3.8, 4) is 0 Å². The molecule has 2 N–H and O–H groups in total. The summed E-state index contributed by atoms with van der Waals surface area (Å²) in [5.74, 6) is -1.40. The normalized spacial score (nSPS) is 22.9. The highest BCUT2D eigenvalue weighted by atomic mass is 19.4. The maximum atomic E-state index is 12.7. The van der Waals surface area contributed by atoms with Crippen LogP contribution in [0.4, 0.5) is 18.9 Å². The summed E-state index contributed by atoms with van der Waals surface area (Å²) in [4.78, 5) is 11.2. The quantitative estimate of drug-likeness (QED) is 0.898. The molecule has 0 saturated carbocycles. The molecular weight excluding hydrogens is 287 g/mol. The summed E-state index contributed by atoms with van der Waals surface area (Å²) in [7, 11) is 0. The highest BCUT2D eigenvalue weighted by molar-refractivity contribution is 5.94. The average molecular weight is 303 g/mol. The van der Waals surface area contributed by atoms with E-state index in [0.717, 1.165) is 25.0 Å². The summed E-state index contributed by atoms with van der Waals surface area (Å²) in [6, 6.07) is 2.69. The van der Waals surface area contributed by atoms with Crippen LogP contribution in [0.3, 0.4) is 0 Å². The summed E-state index contributed by atoms with van der Waals surface area (Å²) in [5.41, 5.74) is -1.68. The second kappa shape index (κ2) is 5.55. The minimum absolute atomic E-state index is 0.170. The van der Waals surface area contributed by atoms with Gasteiger partial charge in [-0.2, -0.15) is 13.2 Å². The number of alkyl halides is 3. The Kier molecular flexibility index (Phi) is 4.13. The van der Waals surface area contributed by atoms with Gasteiger partial charge in [-0.15, -0.1) is 0 Å². The zero-order valence-corrected chi connectivity index (χ0v) is 11.5. The molecule has 7 heteroatoms. The molecule has 0 aromatic heterocycles. The van der Waals surface area contributed by atoms with Crippen molar-refractivity contribution < 1.29 is 27.8 Å². The number of nitrogens with one attached hydrogen (secondary N) is 1. The maximum absolute atomic E-state index is 12.7. The van der Waals surface area contributed by atoms with Gasteiger partial charge in [-0.05, 0) is 38.0 Å². The number of anilines is 1. The SMILES string of the molecule is CC1(Nc2ccc(C(F)(F)F)cc2C(=O)O)CCCOC1. The van der Waals surface area contributed by atoms with Crippen molar-refractivity contribution in [3.63, 3.8) is 0 Å². The lowest BCUT2D eigenvalue weighted by Crippen LogP contribution is -2.43. The first kappa shape index (κ1) is 15.6. The Bertz CT molecular complexity index is 537. The molecule has 0 radical (unpaired) electrons. The van der Waals surface area contributed by atoms with E-state index in [1.165, 1.54) is 0 Å². The summed E-state index contributed by atoms with van der Waals surface area (Å²) in [6.45, 7) is 2.87. The Hall–Kier alpha value is -1.76. The molecule has 1 fully saturated rings. The summed E-state index contributed by atoms with van der Waals surface area (Å²) < 4.78 is 43.3. The van der Waals surface area contributed by atoms with E-state index >= 15 is 0 Å². The highest BCUT2D eigenvalue weighted by Crippen LogP contribution is 2.33. The van der Waals surface area contributed by atoms with Crippen molar-refractivity contribution in [1.82, 2.24) is 0 Å². The van der Waals surface area contributed by atoms with Crippen LogP contribution in [0.25, 0.3) is 0 Å². The fraction of sp³-hybridized carbons (Fsp3) is 0.500. The van der Waals surface area contributed by atoms with E-state index in [-0.39, 0.29) is 5.69 Å². The molecule has 116 valence electrons. The average Bonchev–Trinajstić information content (AvgIpc) is 2.38. The number of hydrogen-bond acceptors (Lipinski definition) is 3. The van der Waals surface area contributed by atoms with E-state index in [2.05, 4.69) is 5.32 Å². The molecule has 4 nitrogen and oxygen atoms in total. The summed E-state index contributed by atoms with van der Waals surface area (Å²) >= 11 is 0.